The minimum atomic E-state index is -0.154. The van der Waals surface area contributed by atoms with Gasteiger partial charge in [0.05, 0.1) is 30.4 Å². The minimum absolute atomic E-state index is 0.100. The van der Waals surface area contributed by atoms with Crippen molar-refractivity contribution in [2.24, 2.45) is 0 Å². The second-order valence-electron chi connectivity index (χ2n) is 7.56. The van der Waals surface area contributed by atoms with Crippen molar-refractivity contribution >= 4 is 17.2 Å². The van der Waals surface area contributed by atoms with Crippen molar-refractivity contribution in [2.45, 2.75) is 38.5 Å². The molecule has 1 aromatic carbocycles. The van der Waals surface area contributed by atoms with Crippen molar-refractivity contribution in [3.63, 3.8) is 0 Å². The Kier molecular flexibility index (Phi) is 4.59. The first-order valence-corrected chi connectivity index (χ1v) is 9.89. The van der Waals surface area contributed by atoms with E-state index in [9.17, 15) is 4.79 Å². The molecule has 4 rings (SSSR count). The van der Waals surface area contributed by atoms with Gasteiger partial charge in [0.25, 0.3) is 5.91 Å². The molecule has 1 amide bonds. The summed E-state index contributed by atoms with van der Waals surface area (Å²) in [6.45, 7) is 6.90. The standard InChI is InChI=1S/C20H25N3O2S/c1-14-18(26-15(2)21-14)19(24)23-12-20(13-23)9-17(11-25-20)22(3)10-16-7-5-4-6-8-16/h4-8,17H,9-13H2,1-3H3. The Hall–Kier alpha value is -1.76. The number of likely N-dealkylation sites (N-methyl/N-ethyl adjacent to an activating group) is 1. The molecule has 26 heavy (non-hydrogen) atoms. The minimum Gasteiger partial charge on any atom is -0.370 e. The highest BCUT2D eigenvalue weighted by Gasteiger charge is 2.52. The van der Waals surface area contributed by atoms with Gasteiger partial charge in [0.1, 0.15) is 10.5 Å². The summed E-state index contributed by atoms with van der Waals surface area (Å²) in [4.78, 5) is 22.1. The Labute approximate surface area is 158 Å². The van der Waals surface area contributed by atoms with Crippen molar-refractivity contribution in [2.75, 3.05) is 26.7 Å². The molecule has 2 aliphatic heterocycles. The lowest BCUT2D eigenvalue weighted by atomic mass is 9.88. The summed E-state index contributed by atoms with van der Waals surface area (Å²) in [5, 5.41) is 0.945. The Morgan fingerprint density at radius 3 is 2.73 bits per heavy atom. The number of hydrogen-bond donors (Lipinski definition) is 0. The van der Waals surface area contributed by atoms with Gasteiger partial charge in [-0.3, -0.25) is 9.69 Å². The summed E-state index contributed by atoms with van der Waals surface area (Å²) in [6, 6.07) is 10.9. The van der Waals surface area contributed by atoms with Crippen molar-refractivity contribution in [1.82, 2.24) is 14.8 Å². The number of benzene rings is 1. The van der Waals surface area contributed by atoms with E-state index in [1.807, 2.05) is 24.8 Å². The van der Waals surface area contributed by atoms with Gasteiger partial charge in [-0.15, -0.1) is 11.3 Å². The summed E-state index contributed by atoms with van der Waals surface area (Å²) < 4.78 is 6.15. The largest absolute Gasteiger partial charge is 0.370 e. The predicted molar refractivity (Wildman–Crippen MR) is 102 cm³/mol. The lowest BCUT2D eigenvalue weighted by Crippen LogP contribution is -2.63. The van der Waals surface area contributed by atoms with E-state index in [4.69, 9.17) is 4.74 Å². The Bertz CT molecular complexity index is 799. The molecule has 2 fully saturated rings. The van der Waals surface area contributed by atoms with Crippen molar-refractivity contribution in [3.8, 4) is 0 Å². The van der Waals surface area contributed by atoms with Crippen LogP contribution in [0.3, 0.4) is 0 Å². The van der Waals surface area contributed by atoms with Crippen molar-refractivity contribution in [1.29, 1.82) is 0 Å². The van der Waals surface area contributed by atoms with Crippen LogP contribution in [0.2, 0.25) is 0 Å². The van der Waals surface area contributed by atoms with Crippen molar-refractivity contribution in [3.05, 3.63) is 51.5 Å². The summed E-state index contributed by atoms with van der Waals surface area (Å²) in [7, 11) is 2.16. The molecule has 1 unspecified atom stereocenters. The van der Waals surface area contributed by atoms with E-state index in [1.54, 1.807) is 0 Å². The van der Waals surface area contributed by atoms with Gasteiger partial charge in [0.2, 0.25) is 0 Å². The third-order valence-corrected chi connectivity index (χ3v) is 6.49. The van der Waals surface area contributed by atoms with Gasteiger partial charge in [-0.05, 0) is 32.9 Å². The fourth-order valence-electron chi connectivity index (χ4n) is 3.99. The average molecular weight is 372 g/mol. The van der Waals surface area contributed by atoms with E-state index in [0.29, 0.717) is 19.1 Å². The van der Waals surface area contributed by atoms with Crippen LogP contribution in [0.25, 0.3) is 0 Å². The van der Waals surface area contributed by atoms with Gasteiger partial charge >= 0.3 is 0 Å². The molecule has 0 aliphatic carbocycles. The molecule has 1 spiro atoms. The number of thiazole rings is 1. The van der Waals surface area contributed by atoms with Gasteiger partial charge < -0.3 is 9.64 Å². The molecular formula is C20H25N3O2S. The highest BCUT2D eigenvalue weighted by atomic mass is 32.1. The first-order valence-electron chi connectivity index (χ1n) is 9.07. The van der Waals surface area contributed by atoms with Gasteiger partial charge in [-0.1, -0.05) is 30.3 Å². The fourth-order valence-corrected chi connectivity index (χ4v) is 4.88. The molecule has 5 nitrogen and oxygen atoms in total. The molecule has 2 aliphatic rings. The predicted octanol–water partition coefficient (Wildman–Crippen LogP) is 2.88. The molecule has 0 N–H and O–H groups in total. The monoisotopic (exact) mass is 371 g/mol. The summed E-state index contributed by atoms with van der Waals surface area (Å²) >= 11 is 1.49. The Balaban J connectivity index is 1.33. The maximum atomic E-state index is 12.7. The number of carbonyl (C=O) groups excluding carboxylic acids is 1. The third-order valence-electron chi connectivity index (χ3n) is 5.43. The molecule has 2 saturated heterocycles. The van der Waals surface area contributed by atoms with Gasteiger partial charge in [0, 0.05) is 12.6 Å². The Morgan fingerprint density at radius 2 is 2.08 bits per heavy atom. The van der Waals surface area contributed by atoms with Crippen LogP contribution in [-0.2, 0) is 11.3 Å². The molecule has 138 valence electrons. The molecule has 1 aromatic heterocycles. The maximum Gasteiger partial charge on any atom is 0.266 e. The molecule has 0 radical (unpaired) electrons. The van der Waals surface area contributed by atoms with E-state index >= 15 is 0 Å². The van der Waals surface area contributed by atoms with Crippen LogP contribution in [0.5, 0.6) is 0 Å². The number of aryl methyl sites for hydroxylation is 2. The highest BCUT2D eigenvalue weighted by Crippen LogP contribution is 2.38. The van der Waals surface area contributed by atoms with Crippen LogP contribution in [-0.4, -0.2) is 59.1 Å². The van der Waals surface area contributed by atoms with Crippen LogP contribution in [0.15, 0.2) is 30.3 Å². The van der Waals surface area contributed by atoms with Crippen LogP contribution in [0.4, 0.5) is 0 Å². The number of hydrogen-bond acceptors (Lipinski definition) is 5. The molecule has 0 saturated carbocycles. The van der Waals surface area contributed by atoms with Gasteiger partial charge in [-0.25, -0.2) is 4.98 Å². The van der Waals surface area contributed by atoms with Crippen molar-refractivity contribution < 1.29 is 9.53 Å². The second-order valence-corrected chi connectivity index (χ2v) is 8.76. The lowest BCUT2D eigenvalue weighted by molar-refractivity contribution is -0.0949. The molecule has 2 aromatic rings. The average Bonchev–Trinajstić information content (AvgIpc) is 3.17. The van der Waals surface area contributed by atoms with E-state index in [2.05, 4.69) is 41.2 Å². The highest BCUT2D eigenvalue weighted by molar-refractivity contribution is 7.13. The molecule has 6 heteroatoms. The smallest absolute Gasteiger partial charge is 0.266 e. The molecular weight excluding hydrogens is 346 g/mol. The molecule has 3 heterocycles. The van der Waals surface area contributed by atoms with Crippen LogP contribution >= 0.6 is 11.3 Å². The van der Waals surface area contributed by atoms with E-state index in [1.165, 1.54) is 16.9 Å². The first kappa shape index (κ1) is 17.6. The van der Waals surface area contributed by atoms with E-state index in [-0.39, 0.29) is 11.5 Å². The number of likely N-dealkylation sites (tertiary alicyclic amines) is 1. The maximum absolute atomic E-state index is 12.7. The van der Waals surface area contributed by atoms with E-state index < -0.39 is 0 Å². The fraction of sp³-hybridized carbons (Fsp3) is 0.500. The summed E-state index contributed by atoms with van der Waals surface area (Å²) in [6.07, 6.45) is 0.987. The quantitative estimate of drug-likeness (QED) is 0.829. The van der Waals surface area contributed by atoms with Crippen LogP contribution in [0, 0.1) is 13.8 Å². The zero-order chi connectivity index (χ0) is 18.3. The summed E-state index contributed by atoms with van der Waals surface area (Å²) in [5.41, 5.74) is 2.00. The number of ether oxygens (including phenoxy) is 1. The summed E-state index contributed by atoms with van der Waals surface area (Å²) in [5.74, 6) is 0.100. The first-order chi connectivity index (χ1) is 12.5. The zero-order valence-electron chi connectivity index (χ0n) is 15.6. The van der Waals surface area contributed by atoms with Gasteiger partial charge in [0.15, 0.2) is 0 Å². The SMILES string of the molecule is Cc1nc(C)c(C(=O)N2CC3(CC(N(C)Cc4ccccc4)CO3)C2)s1. The lowest BCUT2D eigenvalue weighted by Gasteiger charge is -2.47. The second kappa shape index (κ2) is 6.76. The zero-order valence-corrected chi connectivity index (χ0v) is 16.4. The van der Waals surface area contributed by atoms with E-state index in [0.717, 1.165) is 35.2 Å². The number of carbonyl (C=O) groups is 1. The topological polar surface area (TPSA) is 45.7 Å². The Morgan fingerprint density at radius 1 is 1.35 bits per heavy atom. The number of rotatable bonds is 4. The third kappa shape index (κ3) is 3.29. The normalized spacial score (nSPS) is 21.4. The molecule has 0 bridgehead atoms. The van der Waals surface area contributed by atoms with Crippen LogP contribution < -0.4 is 0 Å². The van der Waals surface area contributed by atoms with Crippen LogP contribution in [0.1, 0.15) is 32.4 Å². The number of amides is 1. The van der Waals surface area contributed by atoms with Gasteiger partial charge in [-0.2, -0.15) is 0 Å². The number of aromatic nitrogens is 1. The number of nitrogens with zero attached hydrogens (tertiary/aromatic N) is 3. The molecule has 1 atom stereocenters.